The third kappa shape index (κ3) is 6.09. The molecule has 1 amide bonds. The summed E-state index contributed by atoms with van der Waals surface area (Å²) in [5, 5.41) is 12.9. The lowest BCUT2D eigenvalue weighted by molar-refractivity contribution is -0.142. The number of carbonyl (C=O) groups excluding carboxylic acids is 1. The molecule has 0 bridgehead atoms. The maximum Gasteiger partial charge on any atom is 0.322 e. The molecule has 0 radical (unpaired) electrons. The van der Waals surface area contributed by atoms with Crippen molar-refractivity contribution in [1.29, 1.82) is 0 Å². The third-order valence-electron chi connectivity index (χ3n) is 5.50. The second kappa shape index (κ2) is 11.5. The van der Waals surface area contributed by atoms with E-state index in [4.69, 9.17) is 16.3 Å². The number of carbonyl (C=O) groups is 2. The van der Waals surface area contributed by atoms with Gasteiger partial charge in [0, 0.05) is 35.1 Å². The van der Waals surface area contributed by atoms with Crippen LogP contribution in [0, 0.1) is 0 Å². The van der Waals surface area contributed by atoms with Crippen molar-refractivity contribution in [2.24, 2.45) is 0 Å². The number of thiol groups is 1. The lowest BCUT2D eigenvalue weighted by Gasteiger charge is -2.40. The number of morpholine rings is 1. The number of ether oxygens (including phenoxy) is 1. The highest BCUT2D eigenvalue weighted by molar-refractivity contribution is 7.89. The molecule has 2 N–H and O–H groups in total. The van der Waals surface area contributed by atoms with Crippen LogP contribution in [-0.4, -0.2) is 78.9 Å². The van der Waals surface area contributed by atoms with Crippen molar-refractivity contribution in [3.63, 3.8) is 0 Å². The van der Waals surface area contributed by atoms with Crippen molar-refractivity contribution in [3.05, 3.63) is 59.1 Å². The second-order valence-electron chi connectivity index (χ2n) is 7.64. The number of carboxylic acids is 1. The van der Waals surface area contributed by atoms with Gasteiger partial charge in [-0.25, -0.2) is 8.42 Å². The van der Waals surface area contributed by atoms with Gasteiger partial charge in [0.05, 0.1) is 24.3 Å². The van der Waals surface area contributed by atoms with Crippen LogP contribution in [0.3, 0.4) is 0 Å². The Bertz CT molecular complexity index is 1110. The number of anilines is 1. The van der Waals surface area contributed by atoms with E-state index in [0.29, 0.717) is 42.6 Å². The second-order valence-corrected chi connectivity index (χ2v) is 10.3. The van der Waals surface area contributed by atoms with E-state index in [0.717, 1.165) is 4.31 Å². The lowest BCUT2D eigenvalue weighted by Crippen LogP contribution is -2.58. The summed E-state index contributed by atoms with van der Waals surface area (Å²) in [4.78, 5) is 26.1. The van der Waals surface area contributed by atoms with Gasteiger partial charge in [0.2, 0.25) is 10.0 Å². The van der Waals surface area contributed by atoms with Gasteiger partial charge in [-0.3, -0.25) is 14.5 Å². The van der Waals surface area contributed by atoms with Crippen LogP contribution in [0.4, 0.5) is 5.69 Å². The normalized spacial score (nSPS) is 16.7. The molecular formula is C22H26ClN3O6S2. The summed E-state index contributed by atoms with van der Waals surface area (Å²) >= 11 is 9.95. The van der Waals surface area contributed by atoms with Crippen molar-refractivity contribution in [2.75, 3.05) is 37.4 Å². The number of halogens is 1. The number of benzene rings is 2. The van der Waals surface area contributed by atoms with Gasteiger partial charge in [-0.15, -0.1) is 0 Å². The maximum absolute atomic E-state index is 13.6. The Balaban J connectivity index is 1.86. The fraction of sp³-hybridized carbons (Fsp3) is 0.364. The zero-order valence-electron chi connectivity index (χ0n) is 18.4. The predicted octanol–water partition coefficient (Wildman–Crippen LogP) is 2.64. The van der Waals surface area contributed by atoms with Gasteiger partial charge < -0.3 is 15.2 Å². The van der Waals surface area contributed by atoms with Crippen molar-refractivity contribution < 1.29 is 27.9 Å². The number of hydrogen-bond acceptors (Lipinski definition) is 7. The monoisotopic (exact) mass is 527 g/mol. The van der Waals surface area contributed by atoms with E-state index in [-0.39, 0.29) is 16.6 Å². The van der Waals surface area contributed by atoms with Crippen LogP contribution in [0.5, 0.6) is 0 Å². The molecule has 2 atom stereocenters. The van der Waals surface area contributed by atoms with Crippen LogP contribution in [-0.2, 0) is 19.6 Å². The minimum Gasteiger partial charge on any atom is -0.480 e. The molecule has 0 aliphatic carbocycles. The summed E-state index contributed by atoms with van der Waals surface area (Å²) < 4.78 is 33.5. The van der Waals surface area contributed by atoms with E-state index in [1.54, 1.807) is 31.2 Å². The molecule has 1 heterocycles. The number of nitrogens with zero attached hydrogens (tertiary/aromatic N) is 2. The van der Waals surface area contributed by atoms with Crippen LogP contribution in [0.2, 0.25) is 5.02 Å². The molecule has 0 aromatic heterocycles. The molecule has 2 aromatic rings. The van der Waals surface area contributed by atoms with Crippen LogP contribution >= 0.6 is 24.2 Å². The average Bonchev–Trinajstić information content (AvgIpc) is 2.83. The molecule has 0 spiro atoms. The van der Waals surface area contributed by atoms with Gasteiger partial charge in [-0.2, -0.15) is 16.9 Å². The molecule has 1 saturated heterocycles. The van der Waals surface area contributed by atoms with Crippen molar-refractivity contribution in [3.8, 4) is 0 Å². The van der Waals surface area contributed by atoms with E-state index >= 15 is 0 Å². The van der Waals surface area contributed by atoms with Gasteiger partial charge in [0.15, 0.2) is 0 Å². The number of nitrogens with one attached hydrogen (secondary N) is 1. The standard InChI is InChI=1S/C22H26ClN3O6S2/c1-15(25-10-12-32-13-11-25)26(20(14-33)22(28)29)34(30,31)19-8-6-18(7-9-19)24-21(27)16-2-4-17(23)5-3-16/h2-9,15,20,33H,10-14H2,1H3,(H,24,27)(H,28,29)/t15?,20-/m0/s1. The predicted molar refractivity (Wildman–Crippen MR) is 132 cm³/mol. The van der Waals surface area contributed by atoms with Gasteiger partial charge in [-0.05, 0) is 55.5 Å². The molecule has 1 fully saturated rings. The molecule has 1 aliphatic heterocycles. The van der Waals surface area contributed by atoms with Gasteiger partial charge in [0.25, 0.3) is 5.91 Å². The number of hydrogen-bond donors (Lipinski definition) is 3. The summed E-state index contributed by atoms with van der Waals surface area (Å²) in [5.74, 6) is -1.86. The summed E-state index contributed by atoms with van der Waals surface area (Å²) in [6.45, 7) is 3.46. The zero-order chi connectivity index (χ0) is 24.9. The molecule has 34 heavy (non-hydrogen) atoms. The van der Waals surface area contributed by atoms with Crippen molar-refractivity contribution in [1.82, 2.24) is 9.21 Å². The Morgan fingerprint density at radius 3 is 2.26 bits per heavy atom. The largest absolute Gasteiger partial charge is 0.480 e. The lowest BCUT2D eigenvalue weighted by atomic mass is 10.2. The molecule has 3 rings (SSSR count). The first-order chi connectivity index (χ1) is 16.1. The molecule has 0 saturated carbocycles. The zero-order valence-corrected chi connectivity index (χ0v) is 20.9. The van der Waals surface area contributed by atoms with Gasteiger partial charge in [-0.1, -0.05) is 11.6 Å². The Morgan fingerprint density at radius 2 is 1.74 bits per heavy atom. The highest BCUT2D eigenvalue weighted by Crippen LogP contribution is 2.26. The summed E-state index contributed by atoms with van der Waals surface area (Å²) in [5.41, 5.74) is 0.778. The quantitative estimate of drug-likeness (QED) is 0.429. The first kappa shape index (κ1) is 26.5. The molecule has 1 unspecified atom stereocenters. The molecule has 1 aliphatic rings. The van der Waals surface area contributed by atoms with E-state index in [1.807, 2.05) is 4.90 Å². The topological polar surface area (TPSA) is 116 Å². The number of amides is 1. The third-order valence-corrected chi connectivity index (χ3v) is 8.08. The number of rotatable bonds is 9. The van der Waals surface area contributed by atoms with Crippen LogP contribution in [0.25, 0.3) is 0 Å². The van der Waals surface area contributed by atoms with E-state index in [1.165, 1.54) is 24.3 Å². The highest BCUT2D eigenvalue weighted by atomic mass is 35.5. The smallest absolute Gasteiger partial charge is 0.322 e. The fourth-order valence-electron chi connectivity index (χ4n) is 3.64. The van der Waals surface area contributed by atoms with Crippen LogP contribution in [0.1, 0.15) is 17.3 Å². The van der Waals surface area contributed by atoms with E-state index in [2.05, 4.69) is 17.9 Å². The molecular weight excluding hydrogens is 502 g/mol. The maximum atomic E-state index is 13.6. The van der Waals surface area contributed by atoms with E-state index < -0.39 is 28.2 Å². The summed E-state index contributed by atoms with van der Waals surface area (Å²) in [6, 6.07) is 10.6. The van der Waals surface area contributed by atoms with Gasteiger partial charge >= 0.3 is 5.97 Å². The SMILES string of the molecule is CC(N1CCOCC1)N([C@@H](CS)C(=O)O)S(=O)(=O)c1ccc(NC(=O)c2ccc(Cl)cc2)cc1. The molecule has 12 heteroatoms. The molecule has 9 nitrogen and oxygen atoms in total. The minimum absolute atomic E-state index is 0.0925. The van der Waals surface area contributed by atoms with E-state index in [9.17, 15) is 23.1 Å². The number of sulfonamides is 1. The van der Waals surface area contributed by atoms with Crippen LogP contribution < -0.4 is 5.32 Å². The van der Waals surface area contributed by atoms with Crippen molar-refractivity contribution >= 4 is 51.8 Å². The minimum atomic E-state index is -4.21. The van der Waals surface area contributed by atoms with Crippen molar-refractivity contribution in [2.45, 2.75) is 24.0 Å². The number of carboxylic acid groups (broad SMARTS) is 1. The molecule has 2 aromatic carbocycles. The summed E-state index contributed by atoms with van der Waals surface area (Å²) in [6.07, 6.45) is -0.730. The highest BCUT2D eigenvalue weighted by Gasteiger charge is 2.41. The summed E-state index contributed by atoms with van der Waals surface area (Å²) in [7, 11) is -4.21. The first-order valence-electron chi connectivity index (χ1n) is 10.5. The number of aliphatic carboxylic acids is 1. The van der Waals surface area contributed by atoms with Crippen LogP contribution in [0.15, 0.2) is 53.4 Å². The Kier molecular flexibility index (Phi) is 8.96. The Morgan fingerprint density at radius 1 is 1.15 bits per heavy atom. The Hall–Kier alpha value is -2.15. The van der Waals surface area contributed by atoms with Gasteiger partial charge in [0.1, 0.15) is 6.04 Å². The fourth-order valence-corrected chi connectivity index (χ4v) is 5.97. The average molecular weight is 528 g/mol. The Labute approximate surface area is 209 Å². The first-order valence-corrected chi connectivity index (χ1v) is 13.0. The molecule has 184 valence electrons.